The van der Waals surface area contributed by atoms with Crippen LogP contribution in [0, 0.1) is 0 Å². The Morgan fingerprint density at radius 3 is 1.86 bits per heavy atom. The summed E-state index contributed by atoms with van der Waals surface area (Å²) in [7, 11) is 3.25. The molecule has 11 heteroatoms. The topological polar surface area (TPSA) is 92.5 Å². The van der Waals surface area contributed by atoms with Gasteiger partial charge in [0.05, 0.1) is 32.1 Å². The molecular weight excluding hydrogens is 478 g/mol. The Morgan fingerprint density at radius 1 is 0.730 bits per heavy atom. The van der Waals surface area contributed by atoms with E-state index in [1.807, 2.05) is 36.4 Å². The lowest BCUT2D eigenvalue weighted by molar-refractivity contribution is -0.00846. The van der Waals surface area contributed by atoms with Gasteiger partial charge in [-0.25, -0.2) is 9.36 Å². The van der Waals surface area contributed by atoms with Crippen LogP contribution in [-0.2, 0) is 25.7 Å². The number of nitrogens with zero attached hydrogens (tertiary/aromatic N) is 5. The van der Waals surface area contributed by atoms with Crippen LogP contribution in [0.25, 0.3) is 5.69 Å². The summed E-state index contributed by atoms with van der Waals surface area (Å²) < 4.78 is 29.0. The normalized spacial score (nSPS) is 13.8. The summed E-state index contributed by atoms with van der Waals surface area (Å²) in [5, 5.41) is 4.14. The van der Waals surface area contributed by atoms with Gasteiger partial charge in [-0.1, -0.05) is 0 Å². The smallest absolute Gasteiger partial charge is 0.352 e. The Bertz CT molecular complexity index is 1120. The molecule has 0 N–H and O–H groups in total. The van der Waals surface area contributed by atoms with E-state index >= 15 is 0 Å². The molecule has 11 nitrogen and oxygen atoms in total. The molecule has 1 aliphatic heterocycles. The van der Waals surface area contributed by atoms with Crippen LogP contribution < -0.4 is 20.2 Å². The molecule has 2 heterocycles. The molecule has 1 aliphatic rings. The highest BCUT2D eigenvalue weighted by molar-refractivity contribution is 5.54. The van der Waals surface area contributed by atoms with Crippen molar-refractivity contribution in [1.82, 2.24) is 14.3 Å². The first kappa shape index (κ1) is 26.7. The van der Waals surface area contributed by atoms with E-state index < -0.39 is 0 Å². The summed E-state index contributed by atoms with van der Waals surface area (Å²) in [5.41, 5.74) is 2.82. The van der Waals surface area contributed by atoms with Crippen molar-refractivity contribution in [2.24, 2.45) is 0 Å². The van der Waals surface area contributed by atoms with Crippen LogP contribution in [0.2, 0.25) is 0 Å². The first-order valence-corrected chi connectivity index (χ1v) is 12.3. The highest BCUT2D eigenvalue weighted by atomic mass is 16.7. The van der Waals surface area contributed by atoms with Crippen LogP contribution in [0.15, 0.2) is 59.7 Å². The Hall–Kier alpha value is -3.38. The number of hydrogen-bond acceptors (Lipinski definition) is 9. The fraction of sp³-hybridized carbons (Fsp3) is 0.462. The van der Waals surface area contributed by atoms with Gasteiger partial charge in [0.2, 0.25) is 0 Å². The van der Waals surface area contributed by atoms with Crippen molar-refractivity contribution >= 4 is 11.4 Å². The van der Waals surface area contributed by atoms with Gasteiger partial charge >= 0.3 is 5.69 Å². The third-order valence-corrected chi connectivity index (χ3v) is 6.09. The molecule has 4 rings (SSSR count). The van der Waals surface area contributed by atoms with E-state index in [0.717, 1.165) is 43.3 Å². The number of methoxy groups -OCH3 is 2. The van der Waals surface area contributed by atoms with E-state index in [9.17, 15) is 4.79 Å². The number of piperazine rings is 1. The van der Waals surface area contributed by atoms with E-state index in [4.69, 9.17) is 23.7 Å². The largest absolute Gasteiger partial charge is 0.468 e. The van der Waals surface area contributed by atoms with Gasteiger partial charge in [-0.05, 0) is 48.5 Å². The Kier molecular flexibility index (Phi) is 9.95. The van der Waals surface area contributed by atoms with Gasteiger partial charge in [-0.2, -0.15) is 9.78 Å². The molecule has 2 aromatic carbocycles. The summed E-state index contributed by atoms with van der Waals surface area (Å²) in [5.74, 6) is 0.781. The molecule has 0 bridgehead atoms. The van der Waals surface area contributed by atoms with Gasteiger partial charge in [-0.3, -0.25) is 0 Å². The first-order chi connectivity index (χ1) is 18.2. The molecule has 37 heavy (non-hydrogen) atoms. The van der Waals surface area contributed by atoms with Gasteiger partial charge in [0.25, 0.3) is 0 Å². The Morgan fingerprint density at radius 2 is 1.27 bits per heavy atom. The highest BCUT2D eigenvalue weighted by Crippen LogP contribution is 2.23. The minimum Gasteiger partial charge on any atom is -0.468 e. The van der Waals surface area contributed by atoms with Crippen LogP contribution in [0.5, 0.6) is 5.75 Å². The summed E-state index contributed by atoms with van der Waals surface area (Å²) in [6.07, 6.45) is 1.51. The highest BCUT2D eigenvalue weighted by Gasteiger charge is 2.18. The van der Waals surface area contributed by atoms with Crippen LogP contribution in [0.3, 0.4) is 0 Å². The zero-order valence-electron chi connectivity index (χ0n) is 21.5. The molecule has 0 aliphatic carbocycles. The number of aromatic nitrogens is 3. The molecular formula is C26H35N5O6. The monoisotopic (exact) mass is 513 g/mol. The van der Waals surface area contributed by atoms with Crippen molar-refractivity contribution in [3.8, 4) is 11.4 Å². The molecule has 1 saturated heterocycles. The Labute approximate surface area is 216 Å². The number of rotatable bonds is 14. The van der Waals surface area contributed by atoms with Crippen molar-refractivity contribution in [1.29, 1.82) is 0 Å². The minimum atomic E-state index is -0.242. The zero-order chi connectivity index (χ0) is 25.9. The van der Waals surface area contributed by atoms with Crippen molar-refractivity contribution in [2.75, 3.05) is 83.4 Å². The summed E-state index contributed by atoms with van der Waals surface area (Å²) in [6, 6.07) is 16.1. The van der Waals surface area contributed by atoms with Crippen LogP contribution >= 0.6 is 0 Å². The molecule has 0 saturated carbocycles. The second-order valence-corrected chi connectivity index (χ2v) is 8.46. The minimum absolute atomic E-state index is 0.0939. The Balaban J connectivity index is 1.26. The molecule has 1 fully saturated rings. The van der Waals surface area contributed by atoms with Crippen molar-refractivity contribution in [2.45, 2.75) is 6.73 Å². The van der Waals surface area contributed by atoms with Gasteiger partial charge in [0.1, 0.15) is 18.8 Å². The molecule has 1 aromatic heterocycles. The molecule has 0 atom stereocenters. The van der Waals surface area contributed by atoms with Gasteiger partial charge in [-0.15, -0.1) is 0 Å². The zero-order valence-corrected chi connectivity index (χ0v) is 21.5. The molecule has 3 aromatic rings. The quantitative estimate of drug-likeness (QED) is 0.237. The number of anilines is 2. The third-order valence-electron chi connectivity index (χ3n) is 6.09. The predicted octanol–water partition coefficient (Wildman–Crippen LogP) is 1.98. The molecule has 200 valence electrons. The maximum Gasteiger partial charge on any atom is 0.352 e. The van der Waals surface area contributed by atoms with E-state index in [-0.39, 0.29) is 19.2 Å². The molecule has 0 amide bonds. The third kappa shape index (κ3) is 7.32. The van der Waals surface area contributed by atoms with Crippen LogP contribution in [-0.4, -0.2) is 88.0 Å². The van der Waals surface area contributed by atoms with E-state index in [1.165, 1.54) is 21.3 Å². The lowest BCUT2D eigenvalue weighted by Crippen LogP contribution is -2.46. The summed E-state index contributed by atoms with van der Waals surface area (Å²) in [4.78, 5) is 17.3. The average molecular weight is 514 g/mol. The number of benzene rings is 2. The maximum atomic E-state index is 12.6. The van der Waals surface area contributed by atoms with Crippen molar-refractivity contribution in [3.05, 3.63) is 65.3 Å². The predicted molar refractivity (Wildman–Crippen MR) is 140 cm³/mol. The van der Waals surface area contributed by atoms with E-state index in [1.54, 1.807) is 14.2 Å². The second-order valence-electron chi connectivity index (χ2n) is 8.46. The van der Waals surface area contributed by atoms with E-state index in [2.05, 4.69) is 27.0 Å². The maximum absolute atomic E-state index is 12.6. The SMILES string of the molecule is COCCOCOc1ccc(N2CCN(c3ccc(-n4cnn(COCCOC)c4=O)cc3)CC2)cc1. The van der Waals surface area contributed by atoms with Gasteiger partial charge < -0.3 is 33.5 Å². The molecule has 0 radical (unpaired) electrons. The fourth-order valence-corrected chi connectivity index (χ4v) is 4.01. The first-order valence-electron chi connectivity index (χ1n) is 12.3. The van der Waals surface area contributed by atoms with Crippen molar-refractivity contribution < 1.29 is 23.7 Å². The second kappa shape index (κ2) is 13.8. The van der Waals surface area contributed by atoms with Gasteiger partial charge in [0.15, 0.2) is 6.79 Å². The lowest BCUT2D eigenvalue weighted by Gasteiger charge is -2.37. The van der Waals surface area contributed by atoms with E-state index in [0.29, 0.717) is 26.4 Å². The summed E-state index contributed by atoms with van der Waals surface area (Å²) >= 11 is 0. The van der Waals surface area contributed by atoms with Crippen molar-refractivity contribution in [3.63, 3.8) is 0 Å². The molecule has 0 unspecified atom stereocenters. The summed E-state index contributed by atoms with van der Waals surface area (Å²) in [6.45, 7) is 5.88. The number of hydrogen-bond donors (Lipinski definition) is 0. The standard InChI is InChI=1S/C26H35N5O6/c1-33-15-17-35-20-31-26(32)30(19-27-31)24-5-3-22(4-6-24)28-11-13-29(14-12-28)23-7-9-25(10-8-23)37-21-36-18-16-34-2/h3-10,19H,11-18,20-21H2,1-2H3. The van der Waals surface area contributed by atoms with Crippen LogP contribution in [0.4, 0.5) is 11.4 Å². The van der Waals surface area contributed by atoms with Gasteiger partial charge in [0, 0.05) is 51.8 Å². The number of ether oxygens (including phenoxy) is 5. The fourth-order valence-electron chi connectivity index (χ4n) is 4.01. The lowest BCUT2D eigenvalue weighted by atomic mass is 10.2. The molecule has 0 spiro atoms. The average Bonchev–Trinajstić information content (AvgIpc) is 3.31. The van der Waals surface area contributed by atoms with Crippen LogP contribution in [0.1, 0.15) is 0 Å².